The fourth-order valence-electron chi connectivity index (χ4n) is 2.47. The smallest absolute Gasteiger partial charge is 0.404 e. The zero-order valence-corrected chi connectivity index (χ0v) is 15.1. The van der Waals surface area contributed by atoms with E-state index in [4.69, 9.17) is 5.11 Å². The molecule has 0 bridgehead atoms. The lowest BCUT2D eigenvalue weighted by Gasteiger charge is -2.07. The van der Waals surface area contributed by atoms with Crippen molar-refractivity contribution in [3.05, 3.63) is 43.0 Å². The zero-order chi connectivity index (χ0) is 18.9. The van der Waals surface area contributed by atoms with Gasteiger partial charge in [-0.2, -0.15) is 4.98 Å². The van der Waals surface area contributed by atoms with Crippen molar-refractivity contribution in [1.29, 1.82) is 0 Å². The molecule has 0 aliphatic heterocycles. The van der Waals surface area contributed by atoms with Gasteiger partial charge in [-0.15, -0.1) is 0 Å². The Labute approximate surface area is 157 Å². The Morgan fingerprint density at radius 1 is 1.19 bits per heavy atom. The number of pyridine rings is 1. The third-order valence-electron chi connectivity index (χ3n) is 4.27. The predicted molar refractivity (Wildman–Crippen MR) is 104 cm³/mol. The number of anilines is 2. The molecule has 1 fully saturated rings. The number of carbonyl (C=O) groups is 1. The Kier molecular flexibility index (Phi) is 6.56. The number of hydrogen-bond acceptors (Lipinski definition) is 5. The molecule has 0 unspecified atom stereocenters. The highest BCUT2D eigenvalue weighted by Gasteiger charge is 2.06. The van der Waals surface area contributed by atoms with Crippen LogP contribution in [0.25, 0.3) is 11.0 Å². The maximum absolute atomic E-state index is 10.4. The van der Waals surface area contributed by atoms with Gasteiger partial charge in [0.25, 0.3) is 0 Å². The van der Waals surface area contributed by atoms with Gasteiger partial charge in [-0.05, 0) is 24.6 Å². The van der Waals surface area contributed by atoms with E-state index < -0.39 is 6.09 Å². The van der Waals surface area contributed by atoms with Crippen LogP contribution in [0.15, 0.2) is 43.0 Å². The highest BCUT2D eigenvalue weighted by atomic mass is 16.4. The second-order valence-corrected chi connectivity index (χ2v) is 6.35. The molecule has 0 atom stereocenters. The quantitative estimate of drug-likeness (QED) is 0.572. The van der Waals surface area contributed by atoms with Crippen molar-refractivity contribution in [1.82, 2.24) is 24.8 Å². The van der Waals surface area contributed by atoms with E-state index >= 15 is 0 Å². The van der Waals surface area contributed by atoms with Gasteiger partial charge in [0, 0.05) is 37.1 Å². The molecule has 0 radical (unpaired) electrons. The highest BCUT2D eigenvalue weighted by Crippen LogP contribution is 2.17. The maximum atomic E-state index is 10.4. The molecular formula is C19H24N6O2. The van der Waals surface area contributed by atoms with Crippen molar-refractivity contribution in [3.63, 3.8) is 0 Å². The molecule has 142 valence electrons. The average Bonchev–Trinajstić information content (AvgIpc) is 3.00. The largest absolute Gasteiger partial charge is 0.465 e. The summed E-state index contributed by atoms with van der Waals surface area (Å²) in [5.41, 5.74) is 1.62. The first-order chi connectivity index (χ1) is 13.2. The fourth-order valence-corrected chi connectivity index (χ4v) is 2.47. The molecule has 1 saturated carbocycles. The van der Waals surface area contributed by atoms with Gasteiger partial charge in [0.05, 0.1) is 11.9 Å². The number of hydrogen-bond donors (Lipinski definition) is 3. The lowest BCUT2D eigenvalue weighted by molar-refractivity contribution is 0.194. The molecule has 1 aliphatic carbocycles. The van der Waals surface area contributed by atoms with E-state index in [-0.39, 0.29) is 0 Å². The summed E-state index contributed by atoms with van der Waals surface area (Å²) in [6, 6.07) is 5.66. The van der Waals surface area contributed by atoms with Gasteiger partial charge in [-0.25, -0.2) is 9.78 Å². The third kappa shape index (κ3) is 5.67. The second-order valence-electron chi connectivity index (χ2n) is 6.35. The molecule has 0 saturated heterocycles. The number of amides is 1. The summed E-state index contributed by atoms with van der Waals surface area (Å²) in [6.07, 6.45) is 12.8. The minimum Gasteiger partial charge on any atom is -0.465 e. The number of aromatic nitrogens is 4. The lowest BCUT2D eigenvalue weighted by Crippen LogP contribution is -2.22. The molecular weight excluding hydrogens is 344 g/mol. The van der Waals surface area contributed by atoms with E-state index in [1.807, 2.05) is 29.0 Å². The summed E-state index contributed by atoms with van der Waals surface area (Å²) >= 11 is 0. The summed E-state index contributed by atoms with van der Waals surface area (Å²) in [5, 5.41) is 15.0. The van der Waals surface area contributed by atoms with E-state index in [1.54, 1.807) is 18.6 Å². The number of nitrogens with zero attached hydrogens (tertiary/aromatic N) is 4. The zero-order valence-electron chi connectivity index (χ0n) is 15.1. The predicted octanol–water partition coefficient (Wildman–Crippen LogP) is 3.79. The van der Waals surface area contributed by atoms with E-state index in [2.05, 4.69) is 25.6 Å². The van der Waals surface area contributed by atoms with E-state index in [0.29, 0.717) is 25.5 Å². The van der Waals surface area contributed by atoms with Crippen LogP contribution in [-0.4, -0.2) is 37.3 Å². The summed E-state index contributed by atoms with van der Waals surface area (Å²) in [5.74, 6) is 0.495. The summed E-state index contributed by atoms with van der Waals surface area (Å²) in [4.78, 5) is 23.3. The van der Waals surface area contributed by atoms with Crippen LogP contribution in [0.3, 0.4) is 0 Å². The first-order valence-electron chi connectivity index (χ1n) is 9.18. The first kappa shape index (κ1) is 18.6. The summed E-state index contributed by atoms with van der Waals surface area (Å²) < 4.78 is 1.98. The van der Waals surface area contributed by atoms with E-state index in [0.717, 1.165) is 16.7 Å². The van der Waals surface area contributed by atoms with Crippen molar-refractivity contribution < 1.29 is 9.90 Å². The summed E-state index contributed by atoms with van der Waals surface area (Å²) in [6.45, 7) is 1.08. The molecule has 1 amide bonds. The molecule has 3 aromatic rings. The van der Waals surface area contributed by atoms with Crippen molar-refractivity contribution >= 4 is 28.8 Å². The molecule has 3 N–H and O–H groups in total. The molecule has 3 heterocycles. The number of fused-ring (bicyclic) bond motifs is 1. The fraction of sp³-hybridized carbons (Fsp3) is 0.368. The number of nitrogens with one attached hydrogen (secondary N) is 2. The molecule has 8 heteroatoms. The lowest BCUT2D eigenvalue weighted by atomic mass is 10.0. The van der Waals surface area contributed by atoms with Crippen LogP contribution in [0, 0.1) is 0 Å². The summed E-state index contributed by atoms with van der Waals surface area (Å²) in [7, 11) is 0. The van der Waals surface area contributed by atoms with Crippen molar-refractivity contribution in [2.75, 3.05) is 11.9 Å². The van der Waals surface area contributed by atoms with Crippen LogP contribution in [0.2, 0.25) is 0 Å². The Balaban J connectivity index is 0.000000466. The minimum absolute atomic E-state index is 0.404. The van der Waals surface area contributed by atoms with Gasteiger partial charge in [-0.1, -0.05) is 25.7 Å². The SMILES string of the molecule is C1CCC1.O=C(O)NCCCn1ccc2cnc(Nc3cccnc3)nc21. The third-order valence-corrected chi connectivity index (χ3v) is 4.27. The monoisotopic (exact) mass is 368 g/mol. The number of aryl methyl sites for hydroxylation is 1. The normalized spacial score (nSPS) is 12.6. The Morgan fingerprint density at radius 2 is 2.00 bits per heavy atom. The molecule has 3 aromatic heterocycles. The van der Waals surface area contributed by atoms with Gasteiger partial charge in [0.1, 0.15) is 5.65 Å². The van der Waals surface area contributed by atoms with Gasteiger partial charge in [0.15, 0.2) is 0 Å². The van der Waals surface area contributed by atoms with Gasteiger partial charge >= 0.3 is 6.09 Å². The van der Waals surface area contributed by atoms with Gasteiger partial charge in [0.2, 0.25) is 5.95 Å². The molecule has 8 nitrogen and oxygen atoms in total. The Hall–Kier alpha value is -3.16. The Morgan fingerprint density at radius 3 is 2.67 bits per heavy atom. The average molecular weight is 368 g/mol. The first-order valence-corrected chi connectivity index (χ1v) is 9.18. The number of rotatable bonds is 6. The Bertz CT molecular complexity index is 857. The molecule has 1 aliphatic rings. The molecule has 27 heavy (non-hydrogen) atoms. The van der Waals surface area contributed by atoms with E-state index in [9.17, 15) is 4.79 Å². The van der Waals surface area contributed by atoms with Crippen molar-refractivity contribution in [3.8, 4) is 0 Å². The second kappa shape index (κ2) is 9.51. The molecule has 0 spiro atoms. The van der Waals surface area contributed by atoms with Gasteiger partial charge in [-0.3, -0.25) is 4.98 Å². The molecule has 4 rings (SSSR count). The van der Waals surface area contributed by atoms with Crippen LogP contribution < -0.4 is 10.6 Å². The minimum atomic E-state index is -1.01. The topological polar surface area (TPSA) is 105 Å². The maximum Gasteiger partial charge on any atom is 0.404 e. The van der Waals surface area contributed by atoms with Gasteiger partial charge < -0.3 is 20.3 Å². The van der Waals surface area contributed by atoms with Crippen molar-refractivity contribution in [2.45, 2.75) is 38.6 Å². The van der Waals surface area contributed by atoms with Crippen LogP contribution in [-0.2, 0) is 6.54 Å². The van der Waals surface area contributed by atoms with Crippen LogP contribution in [0.1, 0.15) is 32.1 Å². The van der Waals surface area contributed by atoms with E-state index in [1.165, 1.54) is 25.7 Å². The van der Waals surface area contributed by atoms with Crippen LogP contribution in [0.4, 0.5) is 16.4 Å². The highest BCUT2D eigenvalue weighted by molar-refractivity contribution is 5.76. The standard InChI is InChI=1S/C15H16N6O2.C4H8/c22-15(23)17-6-2-7-21-8-4-11-9-18-14(20-13(11)21)19-12-3-1-5-16-10-12;1-2-4-3-1/h1,3-5,8-10,17H,2,6-7H2,(H,22,23)(H,18,19,20);1-4H2. The molecule has 0 aromatic carbocycles. The van der Waals surface area contributed by atoms with Crippen LogP contribution >= 0.6 is 0 Å². The van der Waals surface area contributed by atoms with Crippen molar-refractivity contribution in [2.24, 2.45) is 0 Å². The number of carboxylic acid groups (broad SMARTS) is 1. The van der Waals surface area contributed by atoms with Crippen LogP contribution in [0.5, 0.6) is 0 Å².